The summed E-state index contributed by atoms with van der Waals surface area (Å²) >= 11 is 0. The van der Waals surface area contributed by atoms with Crippen LogP contribution in [0, 0.1) is 5.92 Å². The van der Waals surface area contributed by atoms with Gasteiger partial charge in [0.2, 0.25) is 0 Å². The molecule has 1 aliphatic rings. The van der Waals surface area contributed by atoms with E-state index < -0.39 is 0 Å². The van der Waals surface area contributed by atoms with Gasteiger partial charge in [0.25, 0.3) is 0 Å². The zero-order valence-electron chi connectivity index (χ0n) is 9.59. The molecule has 0 N–H and O–H groups in total. The van der Waals surface area contributed by atoms with Crippen molar-refractivity contribution >= 4 is 5.97 Å². The monoisotopic (exact) mass is 196 g/mol. The van der Waals surface area contributed by atoms with Crippen molar-refractivity contribution in [3.63, 3.8) is 0 Å². The van der Waals surface area contributed by atoms with E-state index in [1.165, 1.54) is 5.57 Å². The second kappa shape index (κ2) is 4.16. The van der Waals surface area contributed by atoms with Crippen LogP contribution in [0.15, 0.2) is 11.6 Å². The summed E-state index contributed by atoms with van der Waals surface area (Å²) in [6.45, 7) is 8.27. The predicted octanol–water partition coefficient (Wildman–Crippen LogP) is 3.07. The van der Waals surface area contributed by atoms with Gasteiger partial charge in [0.15, 0.2) is 0 Å². The average molecular weight is 196 g/mol. The largest absolute Gasteiger partial charge is 0.458 e. The molecule has 1 fully saturated rings. The third kappa shape index (κ3) is 2.17. The summed E-state index contributed by atoms with van der Waals surface area (Å²) in [6, 6.07) is 0. The highest BCUT2D eigenvalue weighted by Gasteiger charge is 2.50. The molecule has 2 nitrogen and oxygen atoms in total. The van der Waals surface area contributed by atoms with Crippen LogP contribution in [0.4, 0.5) is 0 Å². The average Bonchev–Trinajstić information content (AvgIpc) is 2.03. The van der Waals surface area contributed by atoms with E-state index >= 15 is 0 Å². The summed E-state index contributed by atoms with van der Waals surface area (Å²) in [5.41, 5.74) is 1.13. The first-order valence-electron chi connectivity index (χ1n) is 5.36. The Bertz CT molecular complexity index is 251. The molecule has 0 bridgehead atoms. The van der Waals surface area contributed by atoms with Crippen LogP contribution in [0.5, 0.6) is 0 Å². The normalized spacial score (nSPS) is 30.6. The van der Waals surface area contributed by atoms with Crippen LogP contribution >= 0.6 is 0 Å². The van der Waals surface area contributed by atoms with Gasteiger partial charge in [-0.25, -0.2) is 0 Å². The number of allylic oxidation sites excluding steroid dienone is 2. The zero-order valence-corrected chi connectivity index (χ0v) is 9.59. The van der Waals surface area contributed by atoms with E-state index in [9.17, 15) is 4.79 Å². The van der Waals surface area contributed by atoms with Gasteiger partial charge in [-0.15, -0.1) is 0 Å². The summed E-state index contributed by atoms with van der Waals surface area (Å²) < 4.78 is 5.24. The summed E-state index contributed by atoms with van der Waals surface area (Å²) in [5.74, 6) is 0.0975. The van der Waals surface area contributed by atoms with Crippen molar-refractivity contribution in [3.05, 3.63) is 11.6 Å². The van der Waals surface area contributed by atoms with Crippen molar-refractivity contribution in [2.45, 2.75) is 52.6 Å². The molecule has 1 aliphatic heterocycles. The number of ether oxygens (including phenoxy) is 1. The van der Waals surface area contributed by atoms with Crippen LogP contribution in [-0.2, 0) is 9.53 Å². The Labute approximate surface area is 86.3 Å². The van der Waals surface area contributed by atoms with Gasteiger partial charge in [0.05, 0.1) is 5.92 Å². The van der Waals surface area contributed by atoms with Gasteiger partial charge in [0, 0.05) is 0 Å². The predicted molar refractivity (Wildman–Crippen MR) is 56.9 cm³/mol. The van der Waals surface area contributed by atoms with Crippen molar-refractivity contribution in [1.82, 2.24) is 0 Å². The molecule has 0 spiro atoms. The van der Waals surface area contributed by atoms with Gasteiger partial charge < -0.3 is 4.74 Å². The molecule has 2 heteroatoms. The van der Waals surface area contributed by atoms with E-state index in [0.717, 1.165) is 19.3 Å². The summed E-state index contributed by atoms with van der Waals surface area (Å²) in [5, 5.41) is 0. The molecular weight excluding hydrogens is 176 g/mol. The fourth-order valence-electron chi connectivity index (χ4n) is 2.03. The summed E-state index contributed by atoms with van der Waals surface area (Å²) in [7, 11) is 0. The van der Waals surface area contributed by atoms with Crippen LogP contribution < -0.4 is 0 Å². The molecule has 1 saturated heterocycles. The lowest BCUT2D eigenvalue weighted by Crippen LogP contribution is -2.54. The highest BCUT2D eigenvalue weighted by Crippen LogP contribution is 2.40. The van der Waals surface area contributed by atoms with Gasteiger partial charge in [-0.1, -0.05) is 18.6 Å². The van der Waals surface area contributed by atoms with E-state index in [-0.39, 0.29) is 17.5 Å². The molecule has 0 amide bonds. The minimum atomic E-state index is -0.197. The Hall–Kier alpha value is -0.790. The van der Waals surface area contributed by atoms with Gasteiger partial charge in [-0.05, 0) is 40.0 Å². The molecule has 0 aromatic rings. The smallest absolute Gasteiger partial charge is 0.313 e. The number of cyclic esters (lactones) is 1. The van der Waals surface area contributed by atoms with E-state index in [1.54, 1.807) is 0 Å². The molecule has 2 atom stereocenters. The zero-order chi connectivity index (χ0) is 10.8. The lowest BCUT2D eigenvalue weighted by atomic mass is 9.78. The lowest BCUT2D eigenvalue weighted by Gasteiger charge is -2.44. The molecule has 80 valence electrons. The molecule has 0 saturated carbocycles. The lowest BCUT2D eigenvalue weighted by molar-refractivity contribution is -0.210. The quantitative estimate of drug-likeness (QED) is 0.510. The fourth-order valence-corrected chi connectivity index (χ4v) is 2.03. The van der Waals surface area contributed by atoms with Crippen molar-refractivity contribution in [2.24, 2.45) is 5.92 Å². The second-order valence-electron chi connectivity index (χ2n) is 4.51. The molecule has 1 heterocycles. The fraction of sp³-hybridized carbons (Fsp3) is 0.750. The van der Waals surface area contributed by atoms with E-state index in [0.29, 0.717) is 0 Å². The van der Waals surface area contributed by atoms with Crippen LogP contribution in [0.25, 0.3) is 0 Å². The first-order valence-corrected chi connectivity index (χ1v) is 5.36. The standard InChI is InChI=1S/C12H20O2/c1-5-10-11(13)14-12(10,4)8-6-7-9(2)3/h7,10H,5-6,8H2,1-4H3/t10-,12+/m0/s1. The number of esters is 1. The van der Waals surface area contributed by atoms with E-state index in [1.807, 2.05) is 13.8 Å². The Kier molecular flexibility index (Phi) is 3.35. The van der Waals surface area contributed by atoms with Gasteiger partial charge in [-0.3, -0.25) is 4.79 Å². The van der Waals surface area contributed by atoms with Crippen LogP contribution in [-0.4, -0.2) is 11.6 Å². The summed E-state index contributed by atoms with van der Waals surface area (Å²) in [6.07, 6.45) is 5.04. The molecule has 0 aliphatic carbocycles. The van der Waals surface area contributed by atoms with E-state index in [2.05, 4.69) is 19.9 Å². The highest BCUT2D eigenvalue weighted by atomic mass is 16.6. The Morgan fingerprint density at radius 2 is 2.21 bits per heavy atom. The molecule has 0 aromatic carbocycles. The molecule has 0 aromatic heterocycles. The Morgan fingerprint density at radius 3 is 2.64 bits per heavy atom. The van der Waals surface area contributed by atoms with Gasteiger partial charge in [0.1, 0.15) is 5.60 Å². The van der Waals surface area contributed by atoms with Gasteiger partial charge in [-0.2, -0.15) is 0 Å². The maximum Gasteiger partial charge on any atom is 0.313 e. The molecule has 1 rings (SSSR count). The minimum Gasteiger partial charge on any atom is -0.458 e. The van der Waals surface area contributed by atoms with Crippen LogP contribution in [0.3, 0.4) is 0 Å². The highest BCUT2D eigenvalue weighted by molar-refractivity contribution is 5.80. The SMILES string of the molecule is CC[C@H]1C(=O)O[C@]1(C)CCC=C(C)C. The molecule has 0 unspecified atom stereocenters. The second-order valence-corrected chi connectivity index (χ2v) is 4.51. The Morgan fingerprint density at radius 1 is 1.57 bits per heavy atom. The molecule has 0 radical (unpaired) electrons. The van der Waals surface area contributed by atoms with Crippen molar-refractivity contribution < 1.29 is 9.53 Å². The molecule has 14 heavy (non-hydrogen) atoms. The van der Waals surface area contributed by atoms with Crippen molar-refractivity contribution in [3.8, 4) is 0 Å². The molecular formula is C12H20O2. The van der Waals surface area contributed by atoms with Gasteiger partial charge >= 0.3 is 5.97 Å². The van der Waals surface area contributed by atoms with Crippen molar-refractivity contribution in [1.29, 1.82) is 0 Å². The maximum atomic E-state index is 11.1. The number of rotatable bonds is 4. The number of carbonyl (C=O) groups excluding carboxylic acids is 1. The minimum absolute atomic E-state index is 0.0211. The number of hydrogen-bond donors (Lipinski definition) is 0. The number of hydrogen-bond acceptors (Lipinski definition) is 2. The maximum absolute atomic E-state index is 11.1. The Balaban J connectivity index is 2.44. The summed E-state index contributed by atoms with van der Waals surface area (Å²) in [4.78, 5) is 11.1. The topological polar surface area (TPSA) is 26.3 Å². The van der Waals surface area contributed by atoms with E-state index in [4.69, 9.17) is 4.74 Å². The van der Waals surface area contributed by atoms with Crippen LogP contribution in [0.1, 0.15) is 47.0 Å². The first-order chi connectivity index (χ1) is 6.49. The number of carbonyl (C=O) groups is 1. The third-order valence-corrected chi connectivity index (χ3v) is 2.96. The third-order valence-electron chi connectivity index (χ3n) is 2.96. The van der Waals surface area contributed by atoms with Crippen molar-refractivity contribution in [2.75, 3.05) is 0 Å². The first kappa shape index (κ1) is 11.3. The van der Waals surface area contributed by atoms with Crippen LogP contribution in [0.2, 0.25) is 0 Å².